The molecule has 0 aliphatic carbocycles. The van der Waals surface area contributed by atoms with Crippen LogP contribution < -0.4 is 5.73 Å². The Bertz CT molecular complexity index is 512. The predicted molar refractivity (Wildman–Crippen MR) is 69.8 cm³/mol. The van der Waals surface area contributed by atoms with Gasteiger partial charge in [-0.3, -0.25) is 0 Å². The second-order valence-corrected chi connectivity index (χ2v) is 4.72. The molecule has 88 valence electrons. The van der Waals surface area contributed by atoms with E-state index in [2.05, 4.69) is 42.5 Å². The molecule has 17 heavy (non-hydrogen) atoms. The molecule has 2 heteroatoms. The molecule has 0 radical (unpaired) electrons. The Balaban J connectivity index is 2.04. The normalized spacial score (nSPS) is 21.8. The molecular weight excluding hydrogens is 210 g/mol. The lowest BCUT2D eigenvalue weighted by molar-refractivity contribution is 0.181. The van der Waals surface area contributed by atoms with Crippen molar-refractivity contribution in [3.05, 3.63) is 48.0 Å². The van der Waals surface area contributed by atoms with Crippen molar-refractivity contribution >= 4 is 10.8 Å². The van der Waals surface area contributed by atoms with Crippen LogP contribution in [-0.2, 0) is 4.74 Å². The van der Waals surface area contributed by atoms with E-state index in [1.54, 1.807) is 0 Å². The van der Waals surface area contributed by atoms with Crippen LogP contribution in [0.2, 0.25) is 0 Å². The highest BCUT2D eigenvalue weighted by molar-refractivity contribution is 5.86. The molecule has 2 aromatic rings. The van der Waals surface area contributed by atoms with Crippen LogP contribution in [0.5, 0.6) is 0 Å². The van der Waals surface area contributed by atoms with Crippen molar-refractivity contribution in [2.75, 3.05) is 13.2 Å². The van der Waals surface area contributed by atoms with E-state index in [4.69, 9.17) is 10.5 Å². The molecule has 2 nitrogen and oxygen atoms in total. The van der Waals surface area contributed by atoms with Crippen LogP contribution in [0.3, 0.4) is 0 Å². The third-order valence-electron chi connectivity index (χ3n) is 3.66. The van der Waals surface area contributed by atoms with Gasteiger partial charge >= 0.3 is 0 Å². The summed E-state index contributed by atoms with van der Waals surface area (Å²) in [6.07, 6.45) is 1.07. The number of benzene rings is 2. The van der Waals surface area contributed by atoms with Gasteiger partial charge in [-0.15, -0.1) is 0 Å². The molecule has 1 aliphatic heterocycles. The molecular formula is C15H17NO. The summed E-state index contributed by atoms with van der Waals surface area (Å²) in [4.78, 5) is 0. The van der Waals surface area contributed by atoms with Gasteiger partial charge in [0.1, 0.15) is 0 Å². The number of rotatable bonds is 2. The Morgan fingerprint density at radius 2 is 1.94 bits per heavy atom. The Morgan fingerprint density at radius 3 is 2.76 bits per heavy atom. The van der Waals surface area contributed by atoms with Gasteiger partial charge in [0.2, 0.25) is 0 Å². The molecule has 0 saturated carbocycles. The summed E-state index contributed by atoms with van der Waals surface area (Å²) in [5.74, 6) is 0.459. The monoisotopic (exact) mass is 227 g/mol. The first-order valence-electron chi connectivity index (χ1n) is 6.17. The summed E-state index contributed by atoms with van der Waals surface area (Å²) in [6, 6.07) is 14.9. The van der Waals surface area contributed by atoms with Crippen molar-refractivity contribution in [1.82, 2.24) is 0 Å². The molecule has 0 aromatic heterocycles. The molecule has 1 aliphatic rings. The van der Waals surface area contributed by atoms with Crippen molar-refractivity contribution in [2.45, 2.75) is 12.5 Å². The zero-order valence-electron chi connectivity index (χ0n) is 9.80. The molecule has 2 atom stereocenters. The maximum Gasteiger partial charge on any atom is 0.0513 e. The van der Waals surface area contributed by atoms with E-state index >= 15 is 0 Å². The molecule has 0 bridgehead atoms. The summed E-state index contributed by atoms with van der Waals surface area (Å²) in [5, 5.41) is 2.54. The second-order valence-electron chi connectivity index (χ2n) is 4.72. The van der Waals surface area contributed by atoms with Crippen molar-refractivity contribution in [3.8, 4) is 0 Å². The van der Waals surface area contributed by atoms with E-state index in [-0.39, 0.29) is 6.04 Å². The van der Waals surface area contributed by atoms with Gasteiger partial charge in [0.15, 0.2) is 0 Å². The number of fused-ring (bicyclic) bond motifs is 1. The summed E-state index contributed by atoms with van der Waals surface area (Å²) in [7, 11) is 0. The lowest BCUT2D eigenvalue weighted by atomic mass is 9.90. The van der Waals surface area contributed by atoms with Crippen LogP contribution in [0, 0.1) is 5.92 Å². The minimum Gasteiger partial charge on any atom is -0.381 e. The maximum absolute atomic E-state index is 6.39. The topological polar surface area (TPSA) is 35.2 Å². The van der Waals surface area contributed by atoms with Gasteiger partial charge in [-0.05, 0) is 22.8 Å². The highest BCUT2D eigenvalue weighted by Gasteiger charge is 2.24. The maximum atomic E-state index is 6.39. The highest BCUT2D eigenvalue weighted by Crippen LogP contribution is 2.31. The van der Waals surface area contributed by atoms with E-state index < -0.39 is 0 Å². The van der Waals surface area contributed by atoms with Gasteiger partial charge in [0.05, 0.1) is 6.61 Å². The average molecular weight is 227 g/mol. The fourth-order valence-corrected chi connectivity index (χ4v) is 2.63. The van der Waals surface area contributed by atoms with Crippen LogP contribution in [0.15, 0.2) is 42.5 Å². The molecule has 2 aromatic carbocycles. The summed E-state index contributed by atoms with van der Waals surface area (Å²) < 4.78 is 5.43. The minimum absolute atomic E-state index is 0.0867. The standard InChI is InChI=1S/C15H17NO/c16-15(12-8-9-17-10-12)14-7-3-5-11-4-1-2-6-13(11)14/h1-7,12,15H,8-10,16H2. The zero-order valence-corrected chi connectivity index (χ0v) is 9.80. The molecule has 2 unspecified atom stereocenters. The summed E-state index contributed by atoms with van der Waals surface area (Å²) >= 11 is 0. The van der Waals surface area contributed by atoms with Crippen molar-refractivity contribution in [2.24, 2.45) is 11.7 Å². The molecule has 2 N–H and O–H groups in total. The van der Waals surface area contributed by atoms with Crippen LogP contribution in [0.25, 0.3) is 10.8 Å². The van der Waals surface area contributed by atoms with Crippen LogP contribution in [0.1, 0.15) is 18.0 Å². The predicted octanol–water partition coefficient (Wildman–Crippen LogP) is 2.88. The van der Waals surface area contributed by atoms with Gasteiger partial charge < -0.3 is 10.5 Å². The van der Waals surface area contributed by atoms with Crippen LogP contribution in [-0.4, -0.2) is 13.2 Å². The highest BCUT2D eigenvalue weighted by atomic mass is 16.5. The Kier molecular flexibility index (Phi) is 2.83. The van der Waals surface area contributed by atoms with E-state index in [1.165, 1.54) is 16.3 Å². The van der Waals surface area contributed by atoms with E-state index in [0.29, 0.717) is 5.92 Å². The van der Waals surface area contributed by atoms with E-state index in [1.807, 2.05) is 0 Å². The van der Waals surface area contributed by atoms with Crippen LogP contribution >= 0.6 is 0 Å². The Labute approximate surface area is 101 Å². The van der Waals surface area contributed by atoms with Crippen LogP contribution in [0.4, 0.5) is 0 Å². The first kappa shape index (κ1) is 10.8. The van der Waals surface area contributed by atoms with Crippen molar-refractivity contribution in [3.63, 3.8) is 0 Å². The number of hydrogen-bond donors (Lipinski definition) is 1. The molecule has 1 fully saturated rings. The quantitative estimate of drug-likeness (QED) is 0.856. The Hall–Kier alpha value is -1.38. The molecule has 0 spiro atoms. The van der Waals surface area contributed by atoms with Gasteiger partial charge in [-0.25, -0.2) is 0 Å². The molecule has 1 saturated heterocycles. The van der Waals surface area contributed by atoms with Gasteiger partial charge in [0.25, 0.3) is 0 Å². The first-order valence-corrected chi connectivity index (χ1v) is 6.17. The molecule has 3 rings (SSSR count). The number of hydrogen-bond acceptors (Lipinski definition) is 2. The van der Waals surface area contributed by atoms with Gasteiger partial charge in [0, 0.05) is 18.6 Å². The smallest absolute Gasteiger partial charge is 0.0513 e. The molecule has 0 amide bonds. The van der Waals surface area contributed by atoms with Crippen molar-refractivity contribution in [1.29, 1.82) is 0 Å². The number of ether oxygens (including phenoxy) is 1. The van der Waals surface area contributed by atoms with Gasteiger partial charge in [-0.2, -0.15) is 0 Å². The summed E-state index contributed by atoms with van der Waals surface area (Å²) in [6.45, 7) is 1.65. The summed E-state index contributed by atoms with van der Waals surface area (Å²) in [5.41, 5.74) is 7.64. The zero-order chi connectivity index (χ0) is 11.7. The third-order valence-corrected chi connectivity index (χ3v) is 3.66. The fraction of sp³-hybridized carbons (Fsp3) is 0.333. The SMILES string of the molecule is NC(c1cccc2ccccc12)C1CCOC1. The first-order chi connectivity index (χ1) is 8.36. The fourth-order valence-electron chi connectivity index (χ4n) is 2.63. The van der Waals surface area contributed by atoms with Crippen molar-refractivity contribution < 1.29 is 4.74 Å². The Morgan fingerprint density at radius 1 is 1.12 bits per heavy atom. The average Bonchev–Trinajstić information content (AvgIpc) is 2.91. The third kappa shape index (κ3) is 1.94. The van der Waals surface area contributed by atoms with Gasteiger partial charge in [-0.1, -0.05) is 42.5 Å². The van der Waals surface area contributed by atoms with E-state index in [0.717, 1.165) is 19.6 Å². The van der Waals surface area contributed by atoms with E-state index in [9.17, 15) is 0 Å². The lowest BCUT2D eigenvalue weighted by Crippen LogP contribution is -2.21. The lowest BCUT2D eigenvalue weighted by Gasteiger charge is -2.19. The minimum atomic E-state index is 0.0867. The number of nitrogens with two attached hydrogens (primary N) is 1. The molecule has 1 heterocycles. The second kappa shape index (κ2) is 4.47. The largest absolute Gasteiger partial charge is 0.381 e.